The number of fused-ring (bicyclic) bond motifs is 1. The lowest BCUT2D eigenvalue weighted by Crippen LogP contribution is -2.65. The van der Waals surface area contributed by atoms with Gasteiger partial charge >= 0.3 is 12.0 Å². The predicted octanol–water partition coefficient (Wildman–Crippen LogP) is 2.38. The van der Waals surface area contributed by atoms with Gasteiger partial charge in [-0.1, -0.05) is 6.92 Å². The molecule has 3 aromatic heterocycles. The van der Waals surface area contributed by atoms with Gasteiger partial charge in [0.1, 0.15) is 23.5 Å². The van der Waals surface area contributed by atoms with Gasteiger partial charge in [-0.15, -0.1) is 0 Å². The van der Waals surface area contributed by atoms with Crippen molar-refractivity contribution in [1.29, 1.82) is 0 Å². The number of benzene rings is 1. The number of hydrogen-bond acceptors (Lipinski definition) is 11. The molecular weight excluding hydrogens is 716 g/mol. The molecule has 53 heavy (non-hydrogen) atoms. The minimum Gasteiger partial charge on any atom is -0.480 e. The van der Waals surface area contributed by atoms with Gasteiger partial charge in [-0.25, -0.2) is 38.2 Å². The highest BCUT2D eigenvalue weighted by molar-refractivity contribution is 7.92. The highest BCUT2D eigenvalue weighted by atomic mass is 32.2. The number of piperidine rings is 1. The number of aryl methyl sites for hydroxylation is 1. The molecule has 2 aliphatic rings. The Morgan fingerprint density at radius 1 is 1.00 bits per heavy atom. The highest BCUT2D eigenvalue weighted by Crippen LogP contribution is 2.30. The number of amides is 4. The third-order valence-electron chi connectivity index (χ3n) is 8.97. The molecule has 2 aliphatic heterocycles. The second-order valence-electron chi connectivity index (χ2n) is 12.4. The van der Waals surface area contributed by atoms with Crippen molar-refractivity contribution in [2.45, 2.75) is 43.3 Å². The molecule has 2 saturated heterocycles. The predicted molar refractivity (Wildman–Crippen MR) is 184 cm³/mol. The summed E-state index contributed by atoms with van der Waals surface area (Å²) >= 11 is 0. The van der Waals surface area contributed by atoms with Crippen LogP contribution in [0.15, 0.2) is 66.2 Å². The molecule has 0 bridgehead atoms. The quantitative estimate of drug-likeness (QED) is 0.174. The standard InChI is InChI=1S/C34H33F2N9O7S/c1-3-29-39-14-19(15-40-29)18-4-7-30(41-13-18)53(51,52)43-26-12-24(35)23(11-25(26)36)31(46)42-27(33(48)49)10-20-5-6-21(16-38-20)45-32(47)22-8-9-37-17-28(22)44(2)34(45)50/h4-7,11-16,22,27-28,37,43H,3,8-10,17H2,1-2H3,(H,42,46)(H,48,49)/t22?,27-,28?/m0/s1. The van der Waals surface area contributed by atoms with E-state index in [0.717, 1.165) is 11.0 Å². The van der Waals surface area contributed by atoms with Gasteiger partial charge in [-0.2, -0.15) is 8.42 Å². The number of hydrogen-bond donors (Lipinski definition) is 4. The molecule has 5 heterocycles. The van der Waals surface area contributed by atoms with Crippen LogP contribution in [0.3, 0.4) is 0 Å². The first-order chi connectivity index (χ1) is 25.3. The Morgan fingerprint density at radius 3 is 2.38 bits per heavy atom. The third kappa shape index (κ3) is 7.65. The number of aliphatic carboxylic acids is 1. The first kappa shape index (κ1) is 36.8. The van der Waals surface area contributed by atoms with Crippen LogP contribution in [-0.4, -0.2) is 94.4 Å². The Labute approximate surface area is 301 Å². The van der Waals surface area contributed by atoms with Gasteiger partial charge < -0.3 is 20.6 Å². The molecule has 276 valence electrons. The van der Waals surface area contributed by atoms with Crippen LogP contribution >= 0.6 is 0 Å². The van der Waals surface area contributed by atoms with Crippen molar-refractivity contribution in [3.05, 3.63) is 89.9 Å². The average molecular weight is 750 g/mol. The van der Waals surface area contributed by atoms with E-state index in [4.69, 9.17) is 0 Å². The van der Waals surface area contributed by atoms with Crippen LogP contribution in [-0.2, 0) is 32.5 Å². The van der Waals surface area contributed by atoms with Crippen LogP contribution in [0.2, 0.25) is 0 Å². The monoisotopic (exact) mass is 749 g/mol. The molecule has 2 fully saturated rings. The molecule has 0 aliphatic carbocycles. The number of sulfonamides is 1. The summed E-state index contributed by atoms with van der Waals surface area (Å²) in [4.78, 5) is 70.2. The number of nitrogens with zero attached hydrogens (tertiary/aromatic N) is 6. The number of carboxylic acids is 1. The number of carbonyl (C=O) groups excluding carboxylic acids is 3. The van der Waals surface area contributed by atoms with Gasteiger partial charge in [0.2, 0.25) is 5.91 Å². The topological polar surface area (TPSA) is 217 Å². The summed E-state index contributed by atoms with van der Waals surface area (Å²) in [5.41, 5.74) is -0.286. The average Bonchev–Trinajstić information content (AvgIpc) is 3.15. The Kier molecular flexibility index (Phi) is 10.4. The van der Waals surface area contributed by atoms with Crippen LogP contribution < -0.4 is 20.3 Å². The Hall–Kier alpha value is -5.95. The van der Waals surface area contributed by atoms with E-state index in [9.17, 15) is 32.7 Å². The smallest absolute Gasteiger partial charge is 0.331 e. The maximum atomic E-state index is 15.1. The maximum absolute atomic E-state index is 15.1. The van der Waals surface area contributed by atoms with E-state index in [2.05, 4.69) is 30.6 Å². The van der Waals surface area contributed by atoms with E-state index in [1.807, 2.05) is 11.6 Å². The van der Waals surface area contributed by atoms with Gasteiger partial charge in [0.05, 0.1) is 35.1 Å². The number of urea groups is 1. The number of aromatic nitrogens is 4. The minimum atomic E-state index is -4.51. The summed E-state index contributed by atoms with van der Waals surface area (Å²) in [6.07, 6.45) is 6.39. The van der Waals surface area contributed by atoms with Gasteiger partial charge in [0.25, 0.3) is 15.9 Å². The fourth-order valence-corrected chi connectivity index (χ4v) is 7.03. The third-order valence-corrected chi connectivity index (χ3v) is 10.3. The molecule has 4 N–H and O–H groups in total. The van der Waals surface area contributed by atoms with E-state index in [1.54, 1.807) is 19.4 Å². The van der Waals surface area contributed by atoms with E-state index in [1.165, 1.54) is 35.5 Å². The molecular formula is C34H33F2N9O7S. The van der Waals surface area contributed by atoms with Crippen molar-refractivity contribution in [3.8, 4) is 11.1 Å². The molecule has 0 spiro atoms. The number of carbonyl (C=O) groups is 4. The van der Waals surface area contributed by atoms with Gasteiger partial charge in [-0.05, 0) is 43.3 Å². The first-order valence-electron chi connectivity index (χ1n) is 16.4. The Bertz CT molecular complexity index is 2170. The van der Waals surface area contributed by atoms with Crippen LogP contribution in [0.5, 0.6) is 0 Å². The summed E-state index contributed by atoms with van der Waals surface area (Å²) in [5, 5.41) is 14.6. The van der Waals surface area contributed by atoms with Crippen molar-refractivity contribution in [1.82, 2.24) is 35.5 Å². The summed E-state index contributed by atoms with van der Waals surface area (Å²) in [5.74, 6) is -5.62. The molecule has 4 amide bonds. The molecule has 1 aromatic carbocycles. The maximum Gasteiger partial charge on any atom is 0.331 e. The Balaban J connectivity index is 1.12. The lowest BCUT2D eigenvalue weighted by molar-refractivity contribution is -0.139. The zero-order chi connectivity index (χ0) is 38.0. The molecule has 3 atom stereocenters. The number of anilines is 2. The van der Waals surface area contributed by atoms with Crippen molar-refractivity contribution < 1.29 is 41.5 Å². The molecule has 19 heteroatoms. The number of halogens is 2. The van der Waals surface area contributed by atoms with Crippen molar-refractivity contribution in [2.75, 3.05) is 29.8 Å². The van der Waals surface area contributed by atoms with Gasteiger partial charge in [0.15, 0.2) is 5.03 Å². The van der Waals surface area contributed by atoms with E-state index >= 15 is 8.78 Å². The van der Waals surface area contributed by atoms with Crippen LogP contribution in [0, 0.1) is 17.6 Å². The fourth-order valence-electron chi connectivity index (χ4n) is 6.04. The van der Waals surface area contributed by atoms with Crippen LogP contribution in [0.25, 0.3) is 11.1 Å². The van der Waals surface area contributed by atoms with Crippen LogP contribution in [0.1, 0.15) is 35.2 Å². The van der Waals surface area contributed by atoms with E-state index in [0.29, 0.717) is 55.0 Å². The van der Waals surface area contributed by atoms with E-state index < -0.39 is 74.2 Å². The molecule has 0 saturated carbocycles. The molecule has 0 radical (unpaired) electrons. The minimum absolute atomic E-state index is 0.146. The molecule has 6 rings (SSSR count). The highest BCUT2D eigenvalue weighted by Gasteiger charge is 2.46. The zero-order valence-corrected chi connectivity index (χ0v) is 29.1. The number of pyridine rings is 2. The molecule has 4 aromatic rings. The normalized spacial score (nSPS) is 18.0. The molecule has 2 unspecified atom stereocenters. The summed E-state index contributed by atoms with van der Waals surface area (Å²) in [7, 11) is -2.91. The lowest BCUT2D eigenvalue weighted by atomic mass is 9.88. The summed E-state index contributed by atoms with van der Waals surface area (Å²) < 4.78 is 58.0. The molecule has 16 nitrogen and oxygen atoms in total. The largest absolute Gasteiger partial charge is 0.480 e. The SMILES string of the molecule is CCc1ncc(-c2ccc(S(=O)(=O)Nc3cc(F)c(C(=O)N[C@@H](Cc4ccc(N5C(=O)C6CCNCC6N(C)C5=O)cn4)C(=O)O)cc3F)nc2)cn1. The van der Waals surface area contributed by atoms with Crippen molar-refractivity contribution >= 4 is 45.2 Å². The number of imide groups is 1. The number of rotatable bonds is 11. The second kappa shape index (κ2) is 15.0. The lowest BCUT2D eigenvalue weighted by Gasteiger charge is -2.45. The number of likely N-dealkylation sites (N-methyl/N-ethyl adjacent to an activating group) is 1. The van der Waals surface area contributed by atoms with Crippen LogP contribution in [0.4, 0.5) is 25.0 Å². The zero-order valence-electron chi connectivity index (χ0n) is 28.3. The first-order valence-corrected chi connectivity index (χ1v) is 17.8. The van der Waals surface area contributed by atoms with Gasteiger partial charge in [0, 0.05) is 67.9 Å². The number of nitrogens with one attached hydrogen (secondary N) is 3. The summed E-state index contributed by atoms with van der Waals surface area (Å²) in [6.45, 7) is 3.01. The number of carboxylic acid groups (broad SMARTS) is 1. The summed E-state index contributed by atoms with van der Waals surface area (Å²) in [6, 6.07) is 3.81. The van der Waals surface area contributed by atoms with Gasteiger partial charge in [-0.3, -0.25) is 19.3 Å². The fraction of sp³-hybridized carbons (Fsp3) is 0.294. The van der Waals surface area contributed by atoms with Crippen molar-refractivity contribution in [3.63, 3.8) is 0 Å². The Morgan fingerprint density at radius 2 is 1.74 bits per heavy atom. The van der Waals surface area contributed by atoms with Crippen molar-refractivity contribution in [2.24, 2.45) is 5.92 Å². The van der Waals surface area contributed by atoms with E-state index in [-0.39, 0.29) is 23.3 Å². The second-order valence-corrected chi connectivity index (χ2v) is 14.0.